The zero-order chi connectivity index (χ0) is 14.5. The van der Waals surface area contributed by atoms with E-state index in [2.05, 4.69) is 36.5 Å². The highest BCUT2D eigenvalue weighted by molar-refractivity contribution is 5.50. The van der Waals surface area contributed by atoms with Gasteiger partial charge in [-0.2, -0.15) is 5.26 Å². The van der Waals surface area contributed by atoms with Crippen molar-refractivity contribution in [2.24, 2.45) is 0 Å². The predicted molar refractivity (Wildman–Crippen MR) is 79.0 cm³/mol. The van der Waals surface area contributed by atoms with E-state index in [0.29, 0.717) is 11.3 Å². The van der Waals surface area contributed by atoms with Crippen molar-refractivity contribution in [3.05, 3.63) is 65.0 Å². The molecular weight excluding hydrogens is 251 g/mol. The lowest BCUT2D eigenvalue weighted by atomic mass is 10.0. The first-order valence-electron chi connectivity index (χ1n) is 6.69. The summed E-state index contributed by atoms with van der Waals surface area (Å²) in [6.07, 6.45) is 1.01. The fraction of sp³-hybridized carbons (Fsp3) is 0.235. The molecule has 0 amide bonds. The number of anilines is 1. The quantitative estimate of drug-likeness (QED) is 0.890. The largest absolute Gasteiger partial charge is 0.376 e. The van der Waals surface area contributed by atoms with Crippen molar-refractivity contribution in [3.8, 4) is 6.07 Å². The number of hydrogen-bond donors (Lipinski definition) is 1. The third-order valence-corrected chi connectivity index (χ3v) is 3.36. The Morgan fingerprint density at radius 1 is 1.20 bits per heavy atom. The monoisotopic (exact) mass is 268 g/mol. The summed E-state index contributed by atoms with van der Waals surface area (Å²) in [6.45, 7) is 4.10. The van der Waals surface area contributed by atoms with Crippen LogP contribution in [0.15, 0.2) is 42.5 Å². The zero-order valence-corrected chi connectivity index (χ0v) is 11.7. The maximum atomic E-state index is 13.8. The maximum absolute atomic E-state index is 13.8. The highest BCUT2D eigenvalue weighted by Gasteiger charge is 2.09. The van der Waals surface area contributed by atoms with E-state index in [9.17, 15) is 4.39 Å². The number of halogens is 1. The van der Waals surface area contributed by atoms with Gasteiger partial charge in [-0.15, -0.1) is 0 Å². The molecule has 2 rings (SSSR count). The number of hydrogen-bond acceptors (Lipinski definition) is 2. The van der Waals surface area contributed by atoms with Crippen LogP contribution in [-0.2, 0) is 6.42 Å². The molecule has 102 valence electrons. The number of nitrogens with one attached hydrogen (secondary N) is 1. The van der Waals surface area contributed by atoms with Crippen LogP contribution in [0.5, 0.6) is 0 Å². The molecule has 2 nitrogen and oxygen atoms in total. The van der Waals surface area contributed by atoms with E-state index >= 15 is 0 Å². The first kappa shape index (κ1) is 14.1. The van der Waals surface area contributed by atoms with Gasteiger partial charge in [-0.3, -0.25) is 0 Å². The summed E-state index contributed by atoms with van der Waals surface area (Å²) in [4.78, 5) is 0. The van der Waals surface area contributed by atoms with Crippen molar-refractivity contribution >= 4 is 5.69 Å². The number of rotatable bonds is 4. The molecule has 0 heterocycles. The van der Waals surface area contributed by atoms with Gasteiger partial charge in [0.1, 0.15) is 5.82 Å². The molecule has 0 aliphatic heterocycles. The number of nitrogens with zero attached hydrogens (tertiary/aromatic N) is 1. The highest BCUT2D eigenvalue weighted by Crippen LogP contribution is 2.22. The molecule has 0 aromatic heterocycles. The second-order valence-electron chi connectivity index (χ2n) is 4.77. The molecule has 0 aliphatic rings. The Hall–Kier alpha value is -2.34. The van der Waals surface area contributed by atoms with Crippen LogP contribution >= 0.6 is 0 Å². The molecular formula is C17H17FN2. The number of aryl methyl sites for hydroxylation is 1. The van der Waals surface area contributed by atoms with Gasteiger partial charge in [0.05, 0.1) is 17.3 Å². The SMILES string of the molecule is CCc1ccc(C(C)Nc2ccc(C#N)cc2F)cc1. The highest BCUT2D eigenvalue weighted by atomic mass is 19.1. The van der Waals surface area contributed by atoms with Gasteiger partial charge in [-0.1, -0.05) is 31.2 Å². The first-order chi connectivity index (χ1) is 9.63. The second-order valence-corrected chi connectivity index (χ2v) is 4.77. The fourth-order valence-corrected chi connectivity index (χ4v) is 2.06. The van der Waals surface area contributed by atoms with Crippen molar-refractivity contribution in [1.29, 1.82) is 5.26 Å². The van der Waals surface area contributed by atoms with Crippen molar-refractivity contribution in [2.45, 2.75) is 26.3 Å². The lowest BCUT2D eigenvalue weighted by Crippen LogP contribution is -2.08. The van der Waals surface area contributed by atoms with Crippen molar-refractivity contribution < 1.29 is 4.39 Å². The second kappa shape index (κ2) is 6.21. The minimum Gasteiger partial charge on any atom is -0.376 e. The van der Waals surface area contributed by atoms with Crippen molar-refractivity contribution in [2.75, 3.05) is 5.32 Å². The molecule has 3 heteroatoms. The number of benzene rings is 2. The standard InChI is InChI=1S/C17H17FN2/c1-3-13-4-7-15(8-5-13)12(2)20-17-9-6-14(11-19)10-16(17)18/h4-10,12,20H,3H2,1-2H3. The topological polar surface area (TPSA) is 35.8 Å². The molecule has 1 unspecified atom stereocenters. The minimum atomic E-state index is -0.402. The Morgan fingerprint density at radius 3 is 2.45 bits per heavy atom. The smallest absolute Gasteiger partial charge is 0.147 e. The van der Waals surface area contributed by atoms with Crippen LogP contribution in [0.2, 0.25) is 0 Å². The summed E-state index contributed by atoms with van der Waals surface area (Å²) < 4.78 is 13.8. The summed E-state index contributed by atoms with van der Waals surface area (Å²) in [7, 11) is 0. The molecule has 20 heavy (non-hydrogen) atoms. The van der Waals surface area contributed by atoms with Gasteiger partial charge in [0.2, 0.25) is 0 Å². The molecule has 0 bridgehead atoms. The Kier molecular flexibility index (Phi) is 4.37. The lowest BCUT2D eigenvalue weighted by molar-refractivity contribution is 0.627. The maximum Gasteiger partial charge on any atom is 0.147 e. The first-order valence-corrected chi connectivity index (χ1v) is 6.69. The minimum absolute atomic E-state index is 0.00309. The van der Waals surface area contributed by atoms with Crippen molar-refractivity contribution in [1.82, 2.24) is 0 Å². The van der Waals surface area contributed by atoms with Gasteiger partial charge >= 0.3 is 0 Å². The van der Waals surface area contributed by atoms with Gasteiger partial charge in [0.15, 0.2) is 0 Å². The van der Waals surface area contributed by atoms with E-state index in [0.717, 1.165) is 12.0 Å². The molecule has 1 N–H and O–H groups in total. The molecule has 0 spiro atoms. The third-order valence-electron chi connectivity index (χ3n) is 3.36. The Balaban J connectivity index is 2.14. The normalized spacial score (nSPS) is 11.7. The van der Waals surface area contributed by atoms with E-state index < -0.39 is 5.82 Å². The van der Waals surface area contributed by atoms with Crippen molar-refractivity contribution in [3.63, 3.8) is 0 Å². The summed E-state index contributed by atoms with van der Waals surface area (Å²) >= 11 is 0. The zero-order valence-electron chi connectivity index (χ0n) is 11.7. The van der Waals surface area contributed by atoms with Crippen LogP contribution in [-0.4, -0.2) is 0 Å². The predicted octanol–water partition coefficient (Wildman–Crippen LogP) is 4.43. The van der Waals surface area contributed by atoms with E-state index in [1.807, 2.05) is 13.0 Å². The average Bonchev–Trinajstić information content (AvgIpc) is 2.49. The fourth-order valence-electron chi connectivity index (χ4n) is 2.06. The molecule has 1 atom stereocenters. The summed E-state index contributed by atoms with van der Waals surface area (Å²) in [5, 5.41) is 11.9. The number of nitriles is 1. The molecule has 0 saturated heterocycles. The van der Waals surface area contributed by atoms with Crippen LogP contribution in [0.1, 0.15) is 36.6 Å². The molecule has 0 fully saturated rings. The van der Waals surface area contributed by atoms with Gasteiger partial charge in [0, 0.05) is 6.04 Å². The summed E-state index contributed by atoms with van der Waals surface area (Å²) in [5.41, 5.74) is 3.13. The van der Waals surface area contributed by atoms with Crippen LogP contribution in [0, 0.1) is 17.1 Å². The van der Waals surface area contributed by atoms with E-state index in [1.165, 1.54) is 11.6 Å². The van der Waals surface area contributed by atoms with Gasteiger partial charge in [0.25, 0.3) is 0 Å². The Morgan fingerprint density at radius 2 is 1.90 bits per heavy atom. The third kappa shape index (κ3) is 3.16. The van der Waals surface area contributed by atoms with Gasteiger partial charge in [-0.05, 0) is 42.7 Å². The Bertz CT molecular complexity index is 626. The average molecular weight is 268 g/mol. The molecule has 0 radical (unpaired) electrons. The molecule has 2 aromatic carbocycles. The molecule has 0 saturated carbocycles. The van der Waals surface area contributed by atoms with Crippen LogP contribution in [0.3, 0.4) is 0 Å². The van der Waals surface area contributed by atoms with Crippen LogP contribution < -0.4 is 5.32 Å². The van der Waals surface area contributed by atoms with Gasteiger partial charge in [-0.25, -0.2) is 4.39 Å². The van der Waals surface area contributed by atoms with Gasteiger partial charge < -0.3 is 5.32 Å². The molecule has 0 aliphatic carbocycles. The summed E-state index contributed by atoms with van der Waals surface area (Å²) in [6, 6.07) is 14.7. The Labute approximate surface area is 118 Å². The van der Waals surface area contributed by atoms with Crippen LogP contribution in [0.4, 0.5) is 10.1 Å². The lowest BCUT2D eigenvalue weighted by Gasteiger charge is -2.16. The molecule has 2 aromatic rings. The van der Waals surface area contributed by atoms with E-state index in [4.69, 9.17) is 5.26 Å². The van der Waals surface area contributed by atoms with E-state index in [1.54, 1.807) is 12.1 Å². The summed E-state index contributed by atoms with van der Waals surface area (Å²) in [5.74, 6) is -0.402. The van der Waals surface area contributed by atoms with E-state index in [-0.39, 0.29) is 6.04 Å². The van der Waals surface area contributed by atoms with Crippen LogP contribution in [0.25, 0.3) is 0 Å².